The first-order valence-corrected chi connectivity index (χ1v) is 37.2. The molecule has 0 N–H and O–H groups in total. The van der Waals surface area contributed by atoms with Gasteiger partial charge in [0.1, 0.15) is 22.3 Å². The van der Waals surface area contributed by atoms with Crippen LogP contribution in [-0.2, 0) is 21.7 Å². The van der Waals surface area contributed by atoms with Crippen LogP contribution in [0.2, 0.25) is 0 Å². The predicted octanol–water partition coefficient (Wildman–Crippen LogP) is 26.4. The van der Waals surface area contributed by atoms with Crippen LogP contribution in [0.1, 0.15) is 105 Å². The number of anilines is 6. The summed E-state index contributed by atoms with van der Waals surface area (Å²) in [7, 11) is 0. The van der Waals surface area contributed by atoms with Gasteiger partial charge in [-0.25, -0.2) is 0 Å². The molecule has 4 heterocycles. The maximum absolute atomic E-state index is 6.95. The SMILES string of the molecule is CC(C)(C)c1cc(-c2ccccc2)c(N2c3cc(C(C)(C)C)ccc3B3c4cc(-c5cc(-c6ccccc6)cc(-c6ccccc6)c5)ccc4N(c4c(-c5cccc6oc7ccccc7c56)cc(C(C)(C)C)cc4-c4cccc5oc6ccccc6c45)c4cc(C(C)(C)C)cc2c43)c(-c2ccccc2)c1. The van der Waals surface area contributed by atoms with Crippen LogP contribution >= 0.6 is 0 Å². The minimum atomic E-state index is -0.346. The van der Waals surface area contributed by atoms with Crippen molar-refractivity contribution in [1.82, 2.24) is 0 Å². The number of fused-ring (bicyclic) bond motifs is 10. The van der Waals surface area contributed by atoms with E-state index in [2.05, 4.69) is 390 Å². The van der Waals surface area contributed by atoms with Crippen molar-refractivity contribution in [3.63, 3.8) is 0 Å². The summed E-state index contributed by atoms with van der Waals surface area (Å²) in [5, 5.41) is 4.31. The van der Waals surface area contributed by atoms with Crippen molar-refractivity contribution in [3.8, 4) is 77.9 Å². The van der Waals surface area contributed by atoms with Crippen molar-refractivity contribution in [2.45, 2.75) is 105 Å². The summed E-state index contributed by atoms with van der Waals surface area (Å²) in [5.74, 6) is 0. The van der Waals surface area contributed by atoms with Crippen molar-refractivity contribution >= 4 is 101 Å². The lowest BCUT2D eigenvalue weighted by molar-refractivity contribution is 0.589. The Morgan fingerprint density at radius 2 is 0.610 bits per heavy atom. The highest BCUT2D eigenvalue weighted by molar-refractivity contribution is 7.00. The Labute approximate surface area is 618 Å². The van der Waals surface area contributed by atoms with Crippen molar-refractivity contribution in [3.05, 3.63) is 320 Å². The average molecular weight is 1360 g/mol. The molecule has 14 aromatic carbocycles. The molecular formula is C100H85BN2O2. The Hall–Kier alpha value is -11.7. The molecule has 16 aromatic rings. The molecule has 0 saturated carbocycles. The first kappa shape index (κ1) is 65.4. The van der Waals surface area contributed by atoms with E-state index >= 15 is 0 Å². The van der Waals surface area contributed by atoms with Crippen LogP contribution in [0.3, 0.4) is 0 Å². The summed E-state index contributed by atoms with van der Waals surface area (Å²) in [6.45, 7) is 28.1. The highest BCUT2D eigenvalue weighted by Crippen LogP contribution is 2.57. The quantitative estimate of drug-likeness (QED) is 0.135. The smallest absolute Gasteiger partial charge is 0.252 e. The van der Waals surface area contributed by atoms with Crippen LogP contribution in [0.15, 0.2) is 306 Å². The van der Waals surface area contributed by atoms with E-state index in [9.17, 15) is 0 Å². The third-order valence-electron chi connectivity index (χ3n) is 22.2. The first-order chi connectivity index (χ1) is 50.6. The van der Waals surface area contributed by atoms with Gasteiger partial charge in [-0.05, 0) is 207 Å². The topological polar surface area (TPSA) is 32.8 Å². The van der Waals surface area contributed by atoms with Gasteiger partial charge in [0, 0.05) is 66.5 Å². The lowest BCUT2D eigenvalue weighted by Gasteiger charge is -2.47. The summed E-state index contributed by atoms with van der Waals surface area (Å²) in [6.07, 6.45) is 0. The van der Waals surface area contributed by atoms with E-state index in [1.54, 1.807) is 0 Å². The molecule has 0 radical (unpaired) electrons. The largest absolute Gasteiger partial charge is 0.456 e. The molecule has 0 saturated heterocycles. The third kappa shape index (κ3) is 11.1. The molecule has 2 aliphatic rings. The second-order valence-electron chi connectivity index (χ2n) is 33.2. The van der Waals surface area contributed by atoms with Crippen LogP contribution in [0.4, 0.5) is 34.1 Å². The van der Waals surface area contributed by atoms with Gasteiger partial charge in [0.2, 0.25) is 0 Å². The molecule has 0 fully saturated rings. The fourth-order valence-electron chi connectivity index (χ4n) is 16.6. The Morgan fingerprint density at radius 3 is 1.07 bits per heavy atom. The molecule has 4 nitrogen and oxygen atoms in total. The second-order valence-corrected chi connectivity index (χ2v) is 33.2. The summed E-state index contributed by atoms with van der Waals surface area (Å²) in [5.41, 5.74) is 33.8. The number of para-hydroxylation sites is 2. The first-order valence-electron chi connectivity index (χ1n) is 37.2. The van der Waals surface area contributed by atoms with E-state index in [4.69, 9.17) is 8.83 Å². The van der Waals surface area contributed by atoms with Gasteiger partial charge in [0.05, 0.1) is 11.4 Å². The Bertz CT molecular complexity index is 5880. The highest BCUT2D eigenvalue weighted by Gasteiger charge is 2.47. The predicted molar refractivity (Wildman–Crippen MR) is 448 cm³/mol. The molecule has 0 unspecified atom stereocenters. The molecule has 0 bridgehead atoms. The van der Waals surface area contributed by atoms with E-state index in [-0.39, 0.29) is 28.4 Å². The standard InChI is InChI=1S/C100H85BN2O2/c1-97(2,3)70-48-49-82-85(59-70)103(95-78(64-35-21-15-22-36-64)55-71(98(4,5)6)56-79(95)65-37-23-16-24-38-65)87-61-73(100(10,11)12)60-86-94(87)101(82)83-54-66(69-52-67(62-31-17-13-18-32-62)51-68(53-69)63-33-19-14-20-34-63)47-50-84(83)102(86)96-80(74-41-29-45-90-92(74)76-39-25-27-43-88(76)104-90)57-72(99(7,8)9)58-81(96)75-42-30-46-91-93(75)77-40-26-28-44-89(77)105-91/h13-61H,1-12H3. The zero-order valence-electron chi connectivity index (χ0n) is 62.1. The molecule has 2 aliphatic heterocycles. The zero-order valence-corrected chi connectivity index (χ0v) is 62.1. The van der Waals surface area contributed by atoms with Crippen LogP contribution in [0, 0.1) is 0 Å². The Kier molecular flexibility index (Phi) is 15.3. The number of rotatable bonds is 9. The molecule has 105 heavy (non-hydrogen) atoms. The second kappa shape index (κ2) is 24.5. The molecule has 2 aromatic heterocycles. The van der Waals surface area contributed by atoms with Crippen LogP contribution in [0.25, 0.3) is 122 Å². The molecule has 0 atom stereocenters. The summed E-state index contributed by atoms with van der Waals surface area (Å²) in [6, 6.07) is 112. The molecular weight excluding hydrogens is 1270 g/mol. The number of hydrogen-bond acceptors (Lipinski definition) is 4. The maximum atomic E-state index is 6.95. The average Bonchev–Trinajstić information content (AvgIpc) is 0.979. The third-order valence-corrected chi connectivity index (χ3v) is 22.2. The normalized spacial score (nSPS) is 13.1. The minimum absolute atomic E-state index is 0.191. The summed E-state index contributed by atoms with van der Waals surface area (Å²) in [4.78, 5) is 5.46. The van der Waals surface area contributed by atoms with Gasteiger partial charge in [0.15, 0.2) is 0 Å². The molecule has 18 rings (SSSR count). The number of benzene rings is 14. The van der Waals surface area contributed by atoms with Gasteiger partial charge in [-0.15, -0.1) is 0 Å². The van der Waals surface area contributed by atoms with Gasteiger partial charge < -0.3 is 18.6 Å². The summed E-state index contributed by atoms with van der Waals surface area (Å²) >= 11 is 0. The van der Waals surface area contributed by atoms with Gasteiger partial charge in [-0.3, -0.25) is 0 Å². The van der Waals surface area contributed by atoms with Crippen molar-refractivity contribution in [2.24, 2.45) is 0 Å². The van der Waals surface area contributed by atoms with E-state index in [0.29, 0.717) is 0 Å². The van der Waals surface area contributed by atoms with Crippen LogP contribution in [0.5, 0.6) is 0 Å². The number of hydrogen-bond donors (Lipinski definition) is 0. The highest BCUT2D eigenvalue weighted by atomic mass is 16.3. The fourth-order valence-corrected chi connectivity index (χ4v) is 16.6. The zero-order chi connectivity index (χ0) is 72.0. The van der Waals surface area contributed by atoms with Crippen molar-refractivity contribution < 1.29 is 8.83 Å². The van der Waals surface area contributed by atoms with E-state index in [1.807, 2.05) is 0 Å². The lowest BCUT2D eigenvalue weighted by Crippen LogP contribution is -2.61. The molecule has 5 heteroatoms. The fraction of sp³-hybridized carbons (Fsp3) is 0.160. The monoisotopic (exact) mass is 1360 g/mol. The Morgan fingerprint density at radius 1 is 0.238 bits per heavy atom. The Balaban J connectivity index is 1.05. The van der Waals surface area contributed by atoms with Crippen LogP contribution in [-0.4, -0.2) is 6.71 Å². The van der Waals surface area contributed by atoms with Gasteiger partial charge in [-0.1, -0.05) is 289 Å². The molecule has 0 aliphatic carbocycles. The molecule has 510 valence electrons. The lowest BCUT2D eigenvalue weighted by atomic mass is 9.33. The van der Waals surface area contributed by atoms with E-state index in [1.165, 1.54) is 66.6 Å². The van der Waals surface area contributed by atoms with E-state index < -0.39 is 0 Å². The summed E-state index contributed by atoms with van der Waals surface area (Å²) < 4.78 is 13.9. The molecule has 0 spiro atoms. The van der Waals surface area contributed by atoms with Gasteiger partial charge in [0.25, 0.3) is 6.71 Å². The minimum Gasteiger partial charge on any atom is -0.456 e. The van der Waals surface area contributed by atoms with Gasteiger partial charge in [-0.2, -0.15) is 0 Å². The van der Waals surface area contributed by atoms with Crippen LogP contribution < -0.4 is 26.2 Å². The van der Waals surface area contributed by atoms with E-state index in [0.717, 1.165) is 128 Å². The van der Waals surface area contributed by atoms with Gasteiger partial charge >= 0.3 is 0 Å². The maximum Gasteiger partial charge on any atom is 0.252 e. The molecule has 0 amide bonds. The van der Waals surface area contributed by atoms with Crippen molar-refractivity contribution in [2.75, 3.05) is 9.80 Å². The number of furan rings is 2. The van der Waals surface area contributed by atoms with Crippen molar-refractivity contribution in [1.29, 1.82) is 0 Å². The number of nitrogens with zero attached hydrogens (tertiary/aromatic N) is 2.